The molecule has 0 radical (unpaired) electrons. The summed E-state index contributed by atoms with van der Waals surface area (Å²) in [5.74, 6) is 0.660. The molecule has 1 rings (SSSR count). The minimum Gasteiger partial charge on any atom is -0.316 e. The van der Waals surface area contributed by atoms with E-state index in [1.807, 2.05) is 34.6 Å². The Bertz CT molecular complexity index is 107. The van der Waals surface area contributed by atoms with Crippen LogP contribution in [0.25, 0.3) is 0 Å². The van der Waals surface area contributed by atoms with Gasteiger partial charge >= 0.3 is 0 Å². The van der Waals surface area contributed by atoms with Crippen LogP contribution < -0.4 is 5.32 Å². The molecule has 0 spiro atoms. The van der Waals surface area contributed by atoms with E-state index in [0.717, 1.165) is 19.5 Å². The number of nitrogens with one attached hydrogen (secondary N) is 1. The fraction of sp³-hybridized carbons (Fsp3) is 0.900. The second kappa shape index (κ2) is 10.6. The average molecular weight is 175 g/mol. The number of ketones is 1. The first-order chi connectivity index (χ1) is 5.80. The van der Waals surface area contributed by atoms with Crippen LogP contribution in [-0.2, 0) is 4.79 Å². The highest BCUT2D eigenvalue weighted by atomic mass is 16.1. The third-order valence-electron chi connectivity index (χ3n) is 1.55. The standard InChI is InChI=1S/C6H11NO.2C2H6.H2/c1-5-4-7-3-2-6(5)8;2*1-2;/h5,7H,2-4H2,1H3;2*1-2H3;1H. The van der Waals surface area contributed by atoms with Gasteiger partial charge in [-0.05, 0) is 0 Å². The first kappa shape index (κ1) is 14.2. The number of Topliss-reactive ketones (excluding diaryl/α,β-unsaturated/α-hetero) is 1. The molecule has 1 unspecified atom stereocenters. The van der Waals surface area contributed by atoms with Crippen molar-refractivity contribution >= 4 is 5.78 Å². The molecule has 0 amide bonds. The van der Waals surface area contributed by atoms with Crippen LogP contribution in [0.5, 0.6) is 0 Å². The van der Waals surface area contributed by atoms with E-state index in [4.69, 9.17) is 0 Å². The summed E-state index contributed by atoms with van der Waals surface area (Å²) in [7, 11) is 0. The predicted molar refractivity (Wildman–Crippen MR) is 56.5 cm³/mol. The summed E-state index contributed by atoms with van der Waals surface area (Å²) in [6.07, 6.45) is 0.723. The number of carbonyl (C=O) groups is 1. The molecular formula is C10H25NO. The molecule has 1 aliphatic rings. The molecule has 1 fully saturated rings. The number of piperidine rings is 1. The molecule has 1 aliphatic heterocycles. The van der Waals surface area contributed by atoms with Crippen LogP contribution in [0.1, 0.15) is 42.5 Å². The van der Waals surface area contributed by atoms with Crippen molar-refractivity contribution < 1.29 is 6.22 Å². The number of carbonyl (C=O) groups excluding carboxylic acids is 1. The fourth-order valence-electron chi connectivity index (χ4n) is 0.890. The van der Waals surface area contributed by atoms with Gasteiger partial charge in [-0.1, -0.05) is 34.6 Å². The highest BCUT2D eigenvalue weighted by molar-refractivity contribution is 5.81. The van der Waals surface area contributed by atoms with Gasteiger partial charge in [0.2, 0.25) is 0 Å². The third-order valence-corrected chi connectivity index (χ3v) is 1.55. The lowest BCUT2D eigenvalue weighted by molar-refractivity contribution is -0.123. The van der Waals surface area contributed by atoms with Crippen molar-refractivity contribution in [2.45, 2.75) is 41.0 Å². The van der Waals surface area contributed by atoms with Crippen molar-refractivity contribution in [1.29, 1.82) is 0 Å². The molecule has 1 heterocycles. The number of rotatable bonds is 0. The van der Waals surface area contributed by atoms with Gasteiger partial charge in [0.15, 0.2) is 0 Å². The van der Waals surface area contributed by atoms with Crippen LogP contribution in [0.2, 0.25) is 0 Å². The van der Waals surface area contributed by atoms with E-state index in [9.17, 15) is 4.79 Å². The molecule has 1 saturated heterocycles. The average Bonchev–Trinajstić information content (AvgIpc) is 2.17. The molecule has 76 valence electrons. The summed E-state index contributed by atoms with van der Waals surface area (Å²) in [4.78, 5) is 10.8. The van der Waals surface area contributed by atoms with Gasteiger partial charge in [-0.2, -0.15) is 0 Å². The maximum absolute atomic E-state index is 10.8. The fourth-order valence-corrected chi connectivity index (χ4v) is 0.890. The Morgan fingerprint density at radius 1 is 1.33 bits per heavy atom. The van der Waals surface area contributed by atoms with Crippen molar-refractivity contribution in [3.8, 4) is 0 Å². The molecule has 0 saturated carbocycles. The largest absolute Gasteiger partial charge is 0.316 e. The van der Waals surface area contributed by atoms with Crippen molar-refractivity contribution in [2.75, 3.05) is 13.1 Å². The second-order valence-electron chi connectivity index (χ2n) is 2.32. The maximum Gasteiger partial charge on any atom is 0.138 e. The van der Waals surface area contributed by atoms with Crippen LogP contribution in [0.3, 0.4) is 0 Å². The van der Waals surface area contributed by atoms with E-state index < -0.39 is 0 Å². The lowest BCUT2D eigenvalue weighted by Gasteiger charge is -2.16. The maximum atomic E-state index is 10.8. The van der Waals surface area contributed by atoms with Crippen LogP contribution in [0, 0.1) is 5.92 Å². The Morgan fingerprint density at radius 2 is 1.83 bits per heavy atom. The predicted octanol–water partition coefficient (Wildman–Crippen LogP) is 2.48. The molecule has 0 aromatic heterocycles. The molecule has 0 aromatic carbocycles. The van der Waals surface area contributed by atoms with Crippen molar-refractivity contribution in [1.82, 2.24) is 5.32 Å². The minimum absolute atomic E-state index is 0. The molecule has 1 atom stereocenters. The zero-order valence-corrected chi connectivity index (χ0v) is 9.11. The first-order valence-corrected chi connectivity index (χ1v) is 5.04. The van der Waals surface area contributed by atoms with Gasteiger partial charge in [0.1, 0.15) is 5.78 Å². The quantitative estimate of drug-likeness (QED) is 0.613. The molecule has 2 nitrogen and oxygen atoms in total. The van der Waals surface area contributed by atoms with Gasteiger partial charge in [0.25, 0.3) is 0 Å². The smallest absolute Gasteiger partial charge is 0.138 e. The van der Waals surface area contributed by atoms with Gasteiger partial charge in [-0.3, -0.25) is 4.79 Å². The second-order valence-corrected chi connectivity index (χ2v) is 2.32. The highest BCUT2D eigenvalue weighted by Crippen LogP contribution is 2.02. The number of hydrogen-bond acceptors (Lipinski definition) is 2. The molecule has 2 heteroatoms. The summed E-state index contributed by atoms with van der Waals surface area (Å²) < 4.78 is 0. The molecule has 0 aromatic rings. The molecule has 12 heavy (non-hydrogen) atoms. The first-order valence-electron chi connectivity index (χ1n) is 5.04. The molecule has 0 aliphatic carbocycles. The Hall–Kier alpha value is -0.370. The lowest BCUT2D eigenvalue weighted by atomic mass is 10.0. The van der Waals surface area contributed by atoms with Crippen LogP contribution in [0.15, 0.2) is 0 Å². The van der Waals surface area contributed by atoms with E-state index in [2.05, 4.69) is 5.32 Å². The Morgan fingerprint density at radius 3 is 2.08 bits per heavy atom. The highest BCUT2D eigenvalue weighted by Gasteiger charge is 2.15. The van der Waals surface area contributed by atoms with Crippen molar-refractivity contribution in [2.24, 2.45) is 5.92 Å². The van der Waals surface area contributed by atoms with Crippen LogP contribution in [0.4, 0.5) is 0 Å². The monoisotopic (exact) mass is 175 g/mol. The zero-order chi connectivity index (χ0) is 9.98. The SMILES string of the molecule is CC.CC.CC1CNCCC1=O.[HH]. The Labute approximate surface area is 78.2 Å². The van der Waals surface area contributed by atoms with Gasteiger partial charge in [0, 0.05) is 26.9 Å². The van der Waals surface area contributed by atoms with Crippen LogP contribution >= 0.6 is 0 Å². The van der Waals surface area contributed by atoms with Gasteiger partial charge in [-0.15, -0.1) is 0 Å². The summed E-state index contributed by atoms with van der Waals surface area (Å²) in [5, 5.41) is 3.14. The topological polar surface area (TPSA) is 29.1 Å². The lowest BCUT2D eigenvalue weighted by Crippen LogP contribution is -2.34. The summed E-state index contributed by atoms with van der Waals surface area (Å²) in [6, 6.07) is 0. The van der Waals surface area contributed by atoms with Crippen molar-refractivity contribution in [3.63, 3.8) is 0 Å². The van der Waals surface area contributed by atoms with E-state index in [-0.39, 0.29) is 7.34 Å². The Balaban J connectivity index is -0.000000178. The van der Waals surface area contributed by atoms with E-state index in [0.29, 0.717) is 5.78 Å². The van der Waals surface area contributed by atoms with Crippen molar-refractivity contribution in [3.05, 3.63) is 0 Å². The summed E-state index contributed by atoms with van der Waals surface area (Å²) in [6.45, 7) is 11.7. The van der Waals surface area contributed by atoms with E-state index in [1.165, 1.54) is 0 Å². The van der Waals surface area contributed by atoms with Gasteiger partial charge in [-0.25, -0.2) is 0 Å². The van der Waals surface area contributed by atoms with Crippen LogP contribution in [-0.4, -0.2) is 18.9 Å². The van der Waals surface area contributed by atoms with Gasteiger partial charge in [0.05, 0.1) is 0 Å². The zero-order valence-electron chi connectivity index (χ0n) is 9.11. The normalized spacial score (nSPS) is 21.4. The third kappa shape index (κ3) is 6.35. The van der Waals surface area contributed by atoms with E-state index in [1.54, 1.807) is 0 Å². The number of hydrogen-bond donors (Lipinski definition) is 1. The summed E-state index contributed by atoms with van der Waals surface area (Å²) >= 11 is 0. The molecular weight excluding hydrogens is 150 g/mol. The van der Waals surface area contributed by atoms with E-state index >= 15 is 0 Å². The summed E-state index contributed by atoms with van der Waals surface area (Å²) in [5.41, 5.74) is 0. The Kier molecular flexibility index (Phi) is 12.6. The van der Waals surface area contributed by atoms with Gasteiger partial charge < -0.3 is 5.32 Å². The molecule has 1 N–H and O–H groups in total. The molecule has 0 bridgehead atoms. The minimum atomic E-state index is 0.